The van der Waals surface area contributed by atoms with E-state index in [2.05, 4.69) is 10.4 Å². The van der Waals surface area contributed by atoms with E-state index in [1.54, 1.807) is 41.2 Å². The van der Waals surface area contributed by atoms with Gasteiger partial charge in [-0.25, -0.2) is 0 Å². The lowest BCUT2D eigenvalue weighted by molar-refractivity contribution is -0.122. The number of para-hydroxylation sites is 1. The summed E-state index contributed by atoms with van der Waals surface area (Å²) >= 11 is 5.27. The lowest BCUT2D eigenvalue weighted by Crippen LogP contribution is -2.54. The summed E-state index contributed by atoms with van der Waals surface area (Å²) in [5.41, 5.74) is 1.97. The van der Waals surface area contributed by atoms with Crippen LogP contribution in [0.15, 0.2) is 66.4 Å². The normalized spacial score (nSPS) is 15.4. The molecule has 31 heavy (non-hydrogen) atoms. The molecule has 7 nitrogen and oxygen atoms in total. The van der Waals surface area contributed by atoms with Crippen LogP contribution in [-0.4, -0.2) is 26.7 Å². The summed E-state index contributed by atoms with van der Waals surface area (Å²) in [6, 6.07) is 16.3. The fourth-order valence-electron chi connectivity index (χ4n) is 3.17. The molecule has 2 heterocycles. The number of anilines is 1. The van der Waals surface area contributed by atoms with Gasteiger partial charge in [0.2, 0.25) is 0 Å². The molecule has 0 aliphatic carbocycles. The van der Waals surface area contributed by atoms with Gasteiger partial charge in [0.1, 0.15) is 17.1 Å². The number of amides is 2. The van der Waals surface area contributed by atoms with Gasteiger partial charge in [0.25, 0.3) is 11.8 Å². The second kappa shape index (κ2) is 8.53. The van der Waals surface area contributed by atoms with Crippen LogP contribution in [0, 0.1) is 6.92 Å². The van der Waals surface area contributed by atoms with Gasteiger partial charge in [0.05, 0.1) is 11.4 Å². The number of nitrogens with zero attached hydrogens (tertiary/aromatic N) is 3. The van der Waals surface area contributed by atoms with Crippen LogP contribution in [0.4, 0.5) is 5.69 Å². The Bertz CT molecular complexity index is 1180. The molecule has 1 saturated heterocycles. The van der Waals surface area contributed by atoms with Crippen LogP contribution in [-0.2, 0) is 16.1 Å². The molecule has 1 N–H and O–H groups in total. The molecule has 0 spiro atoms. The smallest absolute Gasteiger partial charge is 0.270 e. The molecule has 8 heteroatoms. The van der Waals surface area contributed by atoms with Crippen molar-refractivity contribution < 1.29 is 14.3 Å². The van der Waals surface area contributed by atoms with Crippen molar-refractivity contribution in [2.24, 2.45) is 0 Å². The van der Waals surface area contributed by atoms with Crippen molar-refractivity contribution in [3.05, 3.63) is 77.6 Å². The van der Waals surface area contributed by atoms with E-state index in [1.807, 2.05) is 44.2 Å². The average molecular weight is 433 g/mol. The van der Waals surface area contributed by atoms with Crippen molar-refractivity contribution >= 4 is 40.9 Å². The van der Waals surface area contributed by atoms with Gasteiger partial charge in [0.15, 0.2) is 5.11 Å². The number of aryl methyl sites for hydroxylation is 2. The third-order valence-electron chi connectivity index (χ3n) is 4.78. The Morgan fingerprint density at radius 2 is 1.74 bits per heavy atom. The highest BCUT2D eigenvalue weighted by molar-refractivity contribution is 7.80. The van der Waals surface area contributed by atoms with Crippen LogP contribution in [0.5, 0.6) is 11.5 Å². The minimum Gasteiger partial charge on any atom is -0.457 e. The van der Waals surface area contributed by atoms with Crippen LogP contribution in [0.25, 0.3) is 6.08 Å². The zero-order valence-corrected chi connectivity index (χ0v) is 17.8. The first-order valence-electron chi connectivity index (χ1n) is 9.74. The zero-order valence-electron chi connectivity index (χ0n) is 17.0. The van der Waals surface area contributed by atoms with Gasteiger partial charge in [-0.2, -0.15) is 5.10 Å². The van der Waals surface area contributed by atoms with E-state index in [0.717, 1.165) is 5.69 Å². The number of ether oxygens (including phenoxy) is 1. The molecule has 2 aromatic carbocycles. The summed E-state index contributed by atoms with van der Waals surface area (Å²) in [6.07, 6.45) is 3.35. The predicted octanol–water partition coefficient (Wildman–Crippen LogP) is 3.84. The number of hydrogen-bond acceptors (Lipinski definition) is 5. The van der Waals surface area contributed by atoms with E-state index in [1.165, 1.54) is 4.90 Å². The zero-order chi connectivity index (χ0) is 22.0. The third kappa shape index (κ3) is 4.24. The van der Waals surface area contributed by atoms with Crippen molar-refractivity contribution in [3.8, 4) is 11.5 Å². The Hall–Kier alpha value is -3.78. The van der Waals surface area contributed by atoms with Crippen LogP contribution in [0.3, 0.4) is 0 Å². The van der Waals surface area contributed by atoms with E-state index in [9.17, 15) is 9.59 Å². The Morgan fingerprint density at radius 3 is 2.39 bits per heavy atom. The largest absolute Gasteiger partial charge is 0.457 e. The summed E-state index contributed by atoms with van der Waals surface area (Å²) in [5.74, 6) is 0.307. The second-order valence-electron chi connectivity index (χ2n) is 6.89. The summed E-state index contributed by atoms with van der Waals surface area (Å²) in [7, 11) is 0. The first kappa shape index (κ1) is 20.5. The minimum atomic E-state index is -0.529. The molecule has 0 radical (unpaired) electrons. The standard InChI is InChI=1S/C23H20N4O3S/c1-3-26-14-16(15(2)25-26)13-20-21(28)24-23(31)27(22(20)29)17-9-11-19(12-10-17)30-18-7-5-4-6-8-18/h4-14H,3H2,1-2H3,(H,24,28,31). The summed E-state index contributed by atoms with van der Waals surface area (Å²) in [5, 5.41) is 6.98. The molecule has 156 valence electrons. The van der Waals surface area contributed by atoms with Crippen molar-refractivity contribution in [1.29, 1.82) is 0 Å². The van der Waals surface area contributed by atoms with E-state index in [4.69, 9.17) is 17.0 Å². The summed E-state index contributed by atoms with van der Waals surface area (Å²) in [6.45, 7) is 4.49. The SMILES string of the molecule is CCn1cc(C=C2C(=O)NC(=S)N(c3ccc(Oc4ccccc4)cc3)C2=O)c(C)n1. The number of hydrogen-bond donors (Lipinski definition) is 1. The summed E-state index contributed by atoms with van der Waals surface area (Å²) < 4.78 is 7.54. The lowest BCUT2D eigenvalue weighted by atomic mass is 10.1. The van der Waals surface area contributed by atoms with Crippen molar-refractivity contribution in [3.63, 3.8) is 0 Å². The van der Waals surface area contributed by atoms with Crippen molar-refractivity contribution in [2.45, 2.75) is 20.4 Å². The highest BCUT2D eigenvalue weighted by atomic mass is 32.1. The highest BCUT2D eigenvalue weighted by Crippen LogP contribution is 2.27. The van der Waals surface area contributed by atoms with Crippen LogP contribution in [0.1, 0.15) is 18.2 Å². The maximum absolute atomic E-state index is 13.2. The van der Waals surface area contributed by atoms with Gasteiger partial charge in [-0.05, 0) is 68.5 Å². The fourth-order valence-corrected chi connectivity index (χ4v) is 3.45. The van der Waals surface area contributed by atoms with Gasteiger partial charge in [-0.3, -0.25) is 24.5 Å². The van der Waals surface area contributed by atoms with Gasteiger partial charge in [-0.1, -0.05) is 18.2 Å². The number of nitrogens with one attached hydrogen (secondary N) is 1. The second-order valence-corrected chi connectivity index (χ2v) is 7.28. The monoisotopic (exact) mass is 432 g/mol. The number of thiocarbonyl (C=S) groups is 1. The molecule has 3 aromatic rings. The maximum Gasteiger partial charge on any atom is 0.270 e. The van der Waals surface area contributed by atoms with Gasteiger partial charge >= 0.3 is 0 Å². The number of aromatic nitrogens is 2. The molecular formula is C23H20N4O3S. The van der Waals surface area contributed by atoms with E-state index < -0.39 is 11.8 Å². The summed E-state index contributed by atoms with van der Waals surface area (Å²) in [4.78, 5) is 26.9. The lowest BCUT2D eigenvalue weighted by Gasteiger charge is -2.29. The molecule has 0 atom stereocenters. The molecule has 1 aliphatic heterocycles. The van der Waals surface area contributed by atoms with E-state index in [0.29, 0.717) is 29.3 Å². The third-order valence-corrected chi connectivity index (χ3v) is 5.07. The van der Waals surface area contributed by atoms with Crippen molar-refractivity contribution in [2.75, 3.05) is 4.90 Å². The van der Waals surface area contributed by atoms with Crippen LogP contribution >= 0.6 is 12.2 Å². The topological polar surface area (TPSA) is 76.5 Å². The van der Waals surface area contributed by atoms with Gasteiger partial charge < -0.3 is 4.74 Å². The molecule has 0 bridgehead atoms. The Balaban J connectivity index is 1.61. The number of carbonyl (C=O) groups excluding carboxylic acids is 2. The Labute approximate surface area is 184 Å². The quantitative estimate of drug-likeness (QED) is 0.377. The average Bonchev–Trinajstić information content (AvgIpc) is 3.12. The first-order valence-corrected chi connectivity index (χ1v) is 10.2. The minimum absolute atomic E-state index is 0.00281. The first-order chi connectivity index (χ1) is 15.0. The maximum atomic E-state index is 13.2. The molecule has 0 saturated carbocycles. The number of benzene rings is 2. The van der Waals surface area contributed by atoms with Crippen molar-refractivity contribution in [1.82, 2.24) is 15.1 Å². The van der Waals surface area contributed by atoms with E-state index in [-0.39, 0.29) is 10.7 Å². The number of rotatable bonds is 5. The molecule has 1 aromatic heterocycles. The predicted molar refractivity (Wildman–Crippen MR) is 122 cm³/mol. The fraction of sp³-hybridized carbons (Fsp3) is 0.130. The molecule has 0 unspecified atom stereocenters. The molecule has 1 aliphatic rings. The van der Waals surface area contributed by atoms with Crippen LogP contribution < -0.4 is 15.0 Å². The molecule has 2 amide bonds. The van der Waals surface area contributed by atoms with Gasteiger partial charge in [-0.15, -0.1) is 0 Å². The van der Waals surface area contributed by atoms with Crippen LogP contribution in [0.2, 0.25) is 0 Å². The Kier molecular flexibility index (Phi) is 5.64. The van der Waals surface area contributed by atoms with Gasteiger partial charge in [0, 0.05) is 18.3 Å². The van der Waals surface area contributed by atoms with E-state index >= 15 is 0 Å². The molecular weight excluding hydrogens is 412 g/mol. The molecule has 4 rings (SSSR count). The number of carbonyl (C=O) groups is 2. The highest BCUT2D eigenvalue weighted by Gasteiger charge is 2.34. The molecule has 1 fully saturated rings. The Morgan fingerprint density at radius 1 is 1.06 bits per heavy atom.